The fourth-order valence-electron chi connectivity index (χ4n) is 3.13. The van der Waals surface area contributed by atoms with E-state index in [0.717, 1.165) is 27.6 Å². The summed E-state index contributed by atoms with van der Waals surface area (Å²) < 4.78 is 0. The fourth-order valence-corrected chi connectivity index (χ4v) is 3.13. The van der Waals surface area contributed by atoms with Gasteiger partial charge in [0.2, 0.25) is 0 Å². The monoisotopic (exact) mass is 371 g/mol. The molecule has 138 valence electrons. The molecule has 0 spiro atoms. The minimum Gasteiger partial charge on any atom is -0.477 e. The molecular formula is C22H17N3O3. The van der Waals surface area contributed by atoms with Gasteiger partial charge in [0.1, 0.15) is 11.4 Å². The maximum atomic E-state index is 12.5. The van der Waals surface area contributed by atoms with E-state index in [-0.39, 0.29) is 11.5 Å². The van der Waals surface area contributed by atoms with Gasteiger partial charge in [-0.2, -0.15) is 0 Å². The summed E-state index contributed by atoms with van der Waals surface area (Å²) in [7, 11) is 0. The molecule has 0 saturated carbocycles. The lowest BCUT2D eigenvalue weighted by molar-refractivity contribution is 0.0691. The fraction of sp³-hybridized carbons (Fsp3) is 0.0909. The largest absolute Gasteiger partial charge is 0.477 e. The third kappa shape index (κ3) is 3.66. The zero-order valence-corrected chi connectivity index (χ0v) is 14.9. The molecule has 0 aliphatic rings. The van der Waals surface area contributed by atoms with Crippen molar-refractivity contribution in [1.29, 1.82) is 0 Å². The average Bonchev–Trinajstić information content (AvgIpc) is 3.17. The first-order valence-electron chi connectivity index (χ1n) is 8.85. The Hall–Kier alpha value is -3.80. The molecule has 0 atom stereocenters. The molecule has 0 amide bonds. The van der Waals surface area contributed by atoms with Crippen LogP contribution in [0.25, 0.3) is 22.0 Å². The molecule has 0 aliphatic heterocycles. The maximum absolute atomic E-state index is 12.5. The van der Waals surface area contributed by atoms with Gasteiger partial charge in [0.25, 0.3) is 0 Å². The number of ketones is 1. The normalized spacial score (nSPS) is 10.9. The van der Waals surface area contributed by atoms with Gasteiger partial charge in [-0.1, -0.05) is 6.07 Å². The summed E-state index contributed by atoms with van der Waals surface area (Å²) >= 11 is 0. The smallest absolute Gasteiger partial charge is 0.352 e. The van der Waals surface area contributed by atoms with Gasteiger partial charge in [0.15, 0.2) is 5.78 Å². The molecule has 0 aliphatic carbocycles. The van der Waals surface area contributed by atoms with Crippen LogP contribution in [0.3, 0.4) is 0 Å². The van der Waals surface area contributed by atoms with Crippen LogP contribution in [-0.2, 0) is 6.42 Å². The van der Waals surface area contributed by atoms with Crippen LogP contribution < -0.4 is 0 Å². The Bertz CT molecular complexity index is 1170. The second kappa shape index (κ2) is 7.44. The number of Topliss-reactive ketones (excluding diaryl/α,β-unsaturated/α-hetero) is 1. The molecule has 0 unspecified atom stereocenters. The first-order valence-corrected chi connectivity index (χ1v) is 8.85. The Labute approximate surface area is 160 Å². The molecule has 28 heavy (non-hydrogen) atoms. The standard InChI is InChI=1S/C22H17N3O3/c26-21(4-1-14-5-8-23-9-6-14)19-12-16(7-10-24-19)15-2-3-18-17(11-15)13-20(25-18)22(27)28/h2-3,5-13,25H,1,4H2,(H,27,28). The van der Waals surface area contributed by atoms with Crippen molar-refractivity contribution in [3.63, 3.8) is 0 Å². The number of rotatable bonds is 6. The number of H-pyrrole nitrogens is 1. The highest BCUT2D eigenvalue weighted by Gasteiger charge is 2.11. The Kier molecular flexibility index (Phi) is 4.68. The molecule has 0 fully saturated rings. The number of fused-ring (bicyclic) bond motifs is 1. The van der Waals surface area contributed by atoms with E-state index >= 15 is 0 Å². The SMILES string of the molecule is O=C(CCc1ccncc1)c1cc(-c2ccc3[nH]c(C(=O)O)cc3c2)ccn1. The van der Waals surface area contributed by atoms with Crippen LogP contribution in [0, 0.1) is 0 Å². The lowest BCUT2D eigenvalue weighted by Crippen LogP contribution is -2.04. The van der Waals surface area contributed by atoms with Gasteiger partial charge in [-0.3, -0.25) is 14.8 Å². The molecule has 2 N–H and O–H groups in total. The van der Waals surface area contributed by atoms with E-state index in [4.69, 9.17) is 5.11 Å². The number of carbonyl (C=O) groups excluding carboxylic acids is 1. The zero-order valence-electron chi connectivity index (χ0n) is 14.9. The van der Waals surface area contributed by atoms with Crippen molar-refractivity contribution in [3.8, 4) is 11.1 Å². The number of carboxylic acids is 1. The summed E-state index contributed by atoms with van der Waals surface area (Å²) in [6.45, 7) is 0. The van der Waals surface area contributed by atoms with Gasteiger partial charge in [-0.05, 0) is 65.6 Å². The van der Waals surface area contributed by atoms with E-state index in [9.17, 15) is 9.59 Å². The highest BCUT2D eigenvalue weighted by Crippen LogP contribution is 2.25. The third-order valence-electron chi connectivity index (χ3n) is 4.62. The molecule has 0 radical (unpaired) electrons. The minimum atomic E-state index is -0.997. The molecule has 6 nitrogen and oxygen atoms in total. The van der Waals surface area contributed by atoms with E-state index in [2.05, 4.69) is 15.0 Å². The number of aromatic amines is 1. The third-order valence-corrected chi connectivity index (χ3v) is 4.62. The topological polar surface area (TPSA) is 95.9 Å². The number of hydrogen-bond acceptors (Lipinski definition) is 4. The molecule has 6 heteroatoms. The molecular weight excluding hydrogens is 354 g/mol. The van der Waals surface area contributed by atoms with Crippen LogP contribution in [0.15, 0.2) is 67.1 Å². The summed E-state index contributed by atoms with van der Waals surface area (Å²) in [5.74, 6) is -1.02. The highest BCUT2D eigenvalue weighted by atomic mass is 16.4. The summed E-state index contributed by atoms with van der Waals surface area (Å²) in [5.41, 5.74) is 4.15. The molecule has 4 aromatic rings. The Morgan fingerprint density at radius 2 is 1.71 bits per heavy atom. The van der Waals surface area contributed by atoms with Crippen LogP contribution in [0.4, 0.5) is 0 Å². The number of carbonyl (C=O) groups is 2. The van der Waals surface area contributed by atoms with Crippen molar-refractivity contribution in [1.82, 2.24) is 15.0 Å². The number of aryl methyl sites for hydroxylation is 1. The number of pyridine rings is 2. The average molecular weight is 371 g/mol. The second-order valence-corrected chi connectivity index (χ2v) is 6.50. The predicted molar refractivity (Wildman–Crippen MR) is 105 cm³/mol. The first kappa shape index (κ1) is 17.6. The summed E-state index contributed by atoms with van der Waals surface area (Å²) in [6.07, 6.45) is 6.07. The Morgan fingerprint density at radius 3 is 2.50 bits per heavy atom. The summed E-state index contributed by atoms with van der Waals surface area (Å²) in [6, 6.07) is 14.6. The van der Waals surface area contributed by atoms with Gasteiger partial charge in [0.05, 0.1) is 0 Å². The van der Waals surface area contributed by atoms with E-state index in [0.29, 0.717) is 18.5 Å². The number of hydrogen-bond donors (Lipinski definition) is 2. The van der Waals surface area contributed by atoms with E-state index in [1.165, 1.54) is 0 Å². The molecule has 1 aromatic carbocycles. The molecule has 4 rings (SSSR count). The van der Waals surface area contributed by atoms with Gasteiger partial charge >= 0.3 is 5.97 Å². The molecule has 0 bridgehead atoms. The van der Waals surface area contributed by atoms with Crippen molar-refractivity contribution in [2.24, 2.45) is 0 Å². The van der Waals surface area contributed by atoms with Crippen LogP contribution >= 0.6 is 0 Å². The zero-order chi connectivity index (χ0) is 19.5. The van der Waals surface area contributed by atoms with Crippen LogP contribution in [0.1, 0.15) is 33.0 Å². The second-order valence-electron chi connectivity index (χ2n) is 6.50. The maximum Gasteiger partial charge on any atom is 0.352 e. The summed E-state index contributed by atoms with van der Waals surface area (Å²) in [5, 5.41) is 9.93. The van der Waals surface area contributed by atoms with Crippen molar-refractivity contribution < 1.29 is 14.7 Å². The lowest BCUT2D eigenvalue weighted by atomic mass is 10.0. The molecule has 3 heterocycles. The Balaban J connectivity index is 1.57. The number of aromatic nitrogens is 3. The summed E-state index contributed by atoms with van der Waals surface area (Å²) in [4.78, 5) is 34.7. The predicted octanol–water partition coefficient (Wildman–Crippen LogP) is 4.14. The van der Waals surface area contributed by atoms with Gasteiger partial charge in [0, 0.05) is 35.9 Å². The number of aromatic carboxylic acids is 1. The van der Waals surface area contributed by atoms with Crippen molar-refractivity contribution in [3.05, 3.63) is 84.1 Å². The van der Waals surface area contributed by atoms with E-state index in [1.807, 2.05) is 36.4 Å². The van der Waals surface area contributed by atoms with Gasteiger partial charge in [-0.25, -0.2) is 4.79 Å². The molecule has 0 saturated heterocycles. The van der Waals surface area contributed by atoms with Gasteiger partial charge < -0.3 is 10.1 Å². The number of carboxylic acid groups (broad SMARTS) is 1. The van der Waals surface area contributed by atoms with Crippen LogP contribution in [-0.4, -0.2) is 31.8 Å². The van der Waals surface area contributed by atoms with Crippen molar-refractivity contribution in [2.75, 3.05) is 0 Å². The highest BCUT2D eigenvalue weighted by molar-refractivity contribution is 5.97. The van der Waals surface area contributed by atoms with Gasteiger partial charge in [-0.15, -0.1) is 0 Å². The Morgan fingerprint density at radius 1 is 0.929 bits per heavy atom. The lowest BCUT2D eigenvalue weighted by Gasteiger charge is -2.05. The van der Waals surface area contributed by atoms with E-state index in [1.54, 1.807) is 30.7 Å². The van der Waals surface area contributed by atoms with Crippen molar-refractivity contribution >= 4 is 22.7 Å². The van der Waals surface area contributed by atoms with Crippen LogP contribution in [0.2, 0.25) is 0 Å². The minimum absolute atomic E-state index is 0.0189. The van der Waals surface area contributed by atoms with E-state index < -0.39 is 5.97 Å². The van der Waals surface area contributed by atoms with Crippen LogP contribution in [0.5, 0.6) is 0 Å². The number of nitrogens with zero attached hydrogens (tertiary/aromatic N) is 2. The number of benzene rings is 1. The first-order chi connectivity index (χ1) is 13.6. The van der Waals surface area contributed by atoms with Crippen molar-refractivity contribution in [2.45, 2.75) is 12.8 Å². The number of nitrogens with one attached hydrogen (secondary N) is 1. The molecule has 3 aromatic heterocycles. The quantitative estimate of drug-likeness (QED) is 0.497.